The van der Waals surface area contributed by atoms with E-state index in [1.165, 1.54) is 23.9 Å². The molecule has 3 N–H and O–H groups in total. The number of carboxylic acid groups (broad SMARTS) is 1. The van der Waals surface area contributed by atoms with E-state index in [9.17, 15) is 9.59 Å². The minimum absolute atomic E-state index is 0.152. The zero-order valence-electron chi connectivity index (χ0n) is 10.1. The molecule has 0 aliphatic carbocycles. The van der Waals surface area contributed by atoms with Gasteiger partial charge < -0.3 is 15.4 Å². The lowest BCUT2D eigenvalue weighted by Gasteiger charge is -2.13. The second-order valence-corrected chi connectivity index (χ2v) is 4.77. The van der Waals surface area contributed by atoms with E-state index in [2.05, 4.69) is 20.3 Å². The SMILES string of the molecule is Cc1ncsc1C(=O)N[C@H](Cc1cnc[nH]1)C(=O)O. The molecule has 0 aliphatic rings. The van der Waals surface area contributed by atoms with Crippen molar-refractivity contribution in [3.05, 3.63) is 34.3 Å². The highest BCUT2D eigenvalue weighted by Gasteiger charge is 2.23. The van der Waals surface area contributed by atoms with Crippen LogP contribution < -0.4 is 5.32 Å². The van der Waals surface area contributed by atoms with Crippen LogP contribution in [-0.2, 0) is 11.2 Å². The smallest absolute Gasteiger partial charge is 0.326 e. The van der Waals surface area contributed by atoms with Gasteiger partial charge in [0.1, 0.15) is 10.9 Å². The summed E-state index contributed by atoms with van der Waals surface area (Å²) >= 11 is 1.18. The number of carboxylic acids is 1. The Morgan fingerprint density at radius 2 is 2.37 bits per heavy atom. The van der Waals surface area contributed by atoms with Crippen LogP contribution in [0.4, 0.5) is 0 Å². The molecular weight excluding hydrogens is 268 g/mol. The number of hydrogen-bond acceptors (Lipinski definition) is 5. The summed E-state index contributed by atoms with van der Waals surface area (Å²) in [7, 11) is 0. The number of aliphatic carboxylic acids is 1. The lowest BCUT2D eigenvalue weighted by atomic mass is 10.1. The van der Waals surface area contributed by atoms with Gasteiger partial charge in [-0.2, -0.15) is 0 Å². The minimum atomic E-state index is -1.09. The van der Waals surface area contributed by atoms with Crippen LogP contribution in [0.5, 0.6) is 0 Å². The van der Waals surface area contributed by atoms with Gasteiger partial charge in [-0.25, -0.2) is 14.8 Å². The Morgan fingerprint density at radius 1 is 1.58 bits per heavy atom. The van der Waals surface area contributed by atoms with Crippen molar-refractivity contribution >= 4 is 23.2 Å². The first-order valence-electron chi connectivity index (χ1n) is 5.49. The van der Waals surface area contributed by atoms with E-state index in [0.29, 0.717) is 16.3 Å². The topological polar surface area (TPSA) is 108 Å². The van der Waals surface area contributed by atoms with E-state index in [1.807, 2.05) is 0 Å². The molecule has 7 nitrogen and oxygen atoms in total. The zero-order valence-corrected chi connectivity index (χ0v) is 10.9. The maximum atomic E-state index is 11.9. The third-order valence-electron chi connectivity index (χ3n) is 2.53. The summed E-state index contributed by atoms with van der Waals surface area (Å²) < 4.78 is 0. The molecule has 19 heavy (non-hydrogen) atoms. The highest BCUT2D eigenvalue weighted by atomic mass is 32.1. The Balaban J connectivity index is 2.07. The number of aromatic nitrogens is 3. The van der Waals surface area contributed by atoms with Crippen molar-refractivity contribution in [3.63, 3.8) is 0 Å². The van der Waals surface area contributed by atoms with Gasteiger partial charge in [-0.3, -0.25) is 4.79 Å². The van der Waals surface area contributed by atoms with Gasteiger partial charge in [0.15, 0.2) is 0 Å². The summed E-state index contributed by atoms with van der Waals surface area (Å²) in [5.74, 6) is -1.52. The molecule has 1 atom stereocenters. The third kappa shape index (κ3) is 3.16. The van der Waals surface area contributed by atoms with E-state index < -0.39 is 17.9 Å². The molecule has 0 aliphatic heterocycles. The van der Waals surface area contributed by atoms with E-state index in [4.69, 9.17) is 5.11 Å². The molecule has 0 fully saturated rings. The van der Waals surface area contributed by atoms with Gasteiger partial charge >= 0.3 is 5.97 Å². The number of imidazole rings is 1. The van der Waals surface area contributed by atoms with Gasteiger partial charge in [-0.15, -0.1) is 11.3 Å². The van der Waals surface area contributed by atoms with E-state index in [-0.39, 0.29) is 6.42 Å². The monoisotopic (exact) mass is 280 g/mol. The number of H-pyrrole nitrogens is 1. The number of rotatable bonds is 5. The number of hydrogen-bond donors (Lipinski definition) is 3. The number of aromatic amines is 1. The van der Waals surface area contributed by atoms with Gasteiger partial charge in [0.2, 0.25) is 0 Å². The maximum Gasteiger partial charge on any atom is 0.326 e. The standard InChI is InChI=1S/C11H12N4O3S/c1-6-9(19-5-14-6)10(16)15-8(11(17)18)2-7-3-12-4-13-7/h3-5,8H,2H2,1H3,(H,12,13)(H,15,16)(H,17,18)/t8-/m1/s1. The average Bonchev–Trinajstić information content (AvgIpc) is 2.99. The molecule has 0 aromatic carbocycles. The number of nitrogens with zero attached hydrogens (tertiary/aromatic N) is 2. The highest BCUT2D eigenvalue weighted by Crippen LogP contribution is 2.12. The molecule has 2 rings (SSSR count). The van der Waals surface area contributed by atoms with Gasteiger partial charge in [-0.1, -0.05) is 0 Å². The highest BCUT2D eigenvalue weighted by molar-refractivity contribution is 7.11. The molecule has 0 unspecified atom stereocenters. The van der Waals surface area contributed by atoms with Crippen LogP contribution in [0, 0.1) is 6.92 Å². The van der Waals surface area contributed by atoms with Crippen LogP contribution in [0.15, 0.2) is 18.0 Å². The first-order valence-corrected chi connectivity index (χ1v) is 6.37. The van der Waals surface area contributed by atoms with Crippen molar-refractivity contribution < 1.29 is 14.7 Å². The fraction of sp³-hybridized carbons (Fsp3) is 0.273. The third-order valence-corrected chi connectivity index (χ3v) is 3.46. The van der Waals surface area contributed by atoms with Gasteiger partial charge in [0.05, 0.1) is 17.5 Å². The van der Waals surface area contributed by atoms with Crippen molar-refractivity contribution in [2.24, 2.45) is 0 Å². The Kier molecular flexibility index (Phi) is 3.91. The molecule has 8 heteroatoms. The van der Waals surface area contributed by atoms with E-state index in [0.717, 1.165) is 0 Å². The van der Waals surface area contributed by atoms with Crippen molar-refractivity contribution in [1.29, 1.82) is 0 Å². The summed E-state index contributed by atoms with van der Waals surface area (Å²) in [6.45, 7) is 1.70. The second-order valence-electron chi connectivity index (χ2n) is 3.91. The van der Waals surface area contributed by atoms with Crippen LogP contribution in [-0.4, -0.2) is 38.0 Å². The Morgan fingerprint density at radius 3 is 2.89 bits per heavy atom. The fourth-order valence-electron chi connectivity index (χ4n) is 1.56. The molecule has 1 amide bonds. The van der Waals surface area contributed by atoms with Gasteiger partial charge in [-0.05, 0) is 6.92 Å². The maximum absolute atomic E-state index is 11.9. The quantitative estimate of drug-likeness (QED) is 0.743. The molecule has 0 saturated heterocycles. The Hall–Kier alpha value is -2.22. The molecule has 0 saturated carbocycles. The molecular formula is C11H12N4O3S. The fourth-order valence-corrected chi connectivity index (χ4v) is 2.27. The minimum Gasteiger partial charge on any atom is -0.480 e. The van der Waals surface area contributed by atoms with Crippen LogP contribution in [0.25, 0.3) is 0 Å². The molecule has 0 spiro atoms. The number of amides is 1. The van der Waals surface area contributed by atoms with E-state index in [1.54, 1.807) is 12.4 Å². The molecule has 2 aromatic heterocycles. The average molecular weight is 280 g/mol. The number of thiazole rings is 1. The largest absolute Gasteiger partial charge is 0.480 e. The summed E-state index contributed by atoms with van der Waals surface area (Å²) in [5, 5.41) is 11.6. The molecule has 100 valence electrons. The lowest BCUT2D eigenvalue weighted by Crippen LogP contribution is -2.42. The number of carbonyl (C=O) groups is 2. The van der Waals surface area contributed by atoms with Crippen molar-refractivity contribution in [1.82, 2.24) is 20.3 Å². The number of carbonyl (C=O) groups excluding carboxylic acids is 1. The predicted molar refractivity (Wildman–Crippen MR) is 68.0 cm³/mol. The first-order chi connectivity index (χ1) is 9.08. The normalized spacial score (nSPS) is 12.1. The summed E-state index contributed by atoms with van der Waals surface area (Å²) in [4.78, 5) is 34.1. The Bertz CT molecular complexity index is 579. The summed E-state index contributed by atoms with van der Waals surface area (Å²) in [6, 6.07) is -1.01. The molecule has 0 radical (unpaired) electrons. The van der Waals surface area contributed by atoms with Crippen LogP contribution in [0.3, 0.4) is 0 Å². The number of aryl methyl sites for hydroxylation is 1. The first kappa shape index (κ1) is 13.2. The van der Waals surface area contributed by atoms with Crippen molar-refractivity contribution in [2.75, 3.05) is 0 Å². The molecule has 2 aromatic rings. The van der Waals surface area contributed by atoms with Crippen LogP contribution >= 0.6 is 11.3 Å². The molecule has 0 bridgehead atoms. The number of nitrogens with one attached hydrogen (secondary N) is 2. The lowest BCUT2D eigenvalue weighted by molar-refractivity contribution is -0.139. The van der Waals surface area contributed by atoms with E-state index >= 15 is 0 Å². The van der Waals surface area contributed by atoms with Crippen LogP contribution in [0.1, 0.15) is 21.1 Å². The summed E-state index contributed by atoms with van der Waals surface area (Å²) in [5.41, 5.74) is 2.79. The Labute approximate surface area is 112 Å². The van der Waals surface area contributed by atoms with Crippen molar-refractivity contribution in [3.8, 4) is 0 Å². The van der Waals surface area contributed by atoms with Crippen molar-refractivity contribution in [2.45, 2.75) is 19.4 Å². The summed E-state index contributed by atoms with van der Waals surface area (Å²) in [6.07, 6.45) is 3.14. The van der Waals surface area contributed by atoms with Crippen LogP contribution in [0.2, 0.25) is 0 Å². The predicted octanol–water partition coefficient (Wildman–Crippen LogP) is 0.600. The molecule has 2 heterocycles. The van der Waals surface area contributed by atoms with Gasteiger partial charge in [0.25, 0.3) is 5.91 Å². The zero-order chi connectivity index (χ0) is 13.8. The van der Waals surface area contributed by atoms with Gasteiger partial charge in [0, 0.05) is 18.3 Å². The second kappa shape index (κ2) is 5.61.